The van der Waals surface area contributed by atoms with Crippen molar-refractivity contribution < 1.29 is 23.9 Å². The summed E-state index contributed by atoms with van der Waals surface area (Å²) in [5.41, 5.74) is 3.54. The van der Waals surface area contributed by atoms with Gasteiger partial charge >= 0.3 is 0 Å². The summed E-state index contributed by atoms with van der Waals surface area (Å²) in [6.07, 6.45) is 1.61. The van der Waals surface area contributed by atoms with Gasteiger partial charge in [-0.15, -0.1) is 0 Å². The summed E-state index contributed by atoms with van der Waals surface area (Å²) >= 11 is 0. The molecule has 0 spiro atoms. The molecule has 0 radical (unpaired) electrons. The zero-order chi connectivity index (χ0) is 23.9. The van der Waals surface area contributed by atoms with Crippen LogP contribution < -0.4 is 15.4 Å². The van der Waals surface area contributed by atoms with Crippen LogP contribution in [0.15, 0.2) is 42.5 Å². The molecule has 0 unspecified atom stereocenters. The summed E-state index contributed by atoms with van der Waals surface area (Å²) in [6.45, 7) is 5.87. The zero-order valence-corrected chi connectivity index (χ0v) is 19.5. The fraction of sp³-hybridized carbons (Fsp3) is 0.423. The van der Waals surface area contributed by atoms with Crippen LogP contribution >= 0.6 is 0 Å². The quantitative estimate of drug-likeness (QED) is 0.391. The number of carbonyl (C=O) groups is 3. The fourth-order valence-electron chi connectivity index (χ4n) is 4.23. The Hall–Kier alpha value is -3.23. The number of fused-ring (bicyclic) bond motifs is 1. The number of imide groups is 1. The van der Waals surface area contributed by atoms with E-state index in [1.807, 2.05) is 18.2 Å². The summed E-state index contributed by atoms with van der Waals surface area (Å²) < 4.78 is 11.5. The number of amides is 3. The van der Waals surface area contributed by atoms with Crippen LogP contribution in [0.25, 0.3) is 0 Å². The molecule has 1 fully saturated rings. The van der Waals surface area contributed by atoms with E-state index in [1.54, 1.807) is 12.1 Å². The lowest BCUT2D eigenvalue weighted by Crippen LogP contribution is -2.52. The van der Waals surface area contributed by atoms with Crippen LogP contribution in [0.2, 0.25) is 0 Å². The van der Waals surface area contributed by atoms with Crippen LogP contribution in [-0.4, -0.2) is 48.4 Å². The third-order valence-electron chi connectivity index (χ3n) is 6.06. The summed E-state index contributed by atoms with van der Waals surface area (Å²) in [5.74, 6) is -0.273. The SMILES string of the molecule is CCCOCCNCc1ccc(COc2cccc3c2CN([C@H]2CCC(=O)NC2=O)C3=O)cc1. The van der Waals surface area contributed by atoms with Gasteiger partial charge in [0.25, 0.3) is 5.91 Å². The van der Waals surface area contributed by atoms with Crippen LogP contribution in [0.5, 0.6) is 5.75 Å². The first-order chi connectivity index (χ1) is 16.6. The highest BCUT2D eigenvalue weighted by atomic mass is 16.5. The molecule has 180 valence electrons. The third kappa shape index (κ3) is 5.63. The normalized spacial score (nSPS) is 17.6. The topological polar surface area (TPSA) is 97.0 Å². The Balaban J connectivity index is 1.32. The lowest BCUT2D eigenvalue weighted by atomic mass is 10.0. The Morgan fingerprint density at radius 1 is 1.06 bits per heavy atom. The van der Waals surface area contributed by atoms with Crippen LogP contribution in [0, 0.1) is 0 Å². The number of nitrogens with zero attached hydrogens (tertiary/aromatic N) is 1. The maximum Gasteiger partial charge on any atom is 0.255 e. The van der Waals surface area contributed by atoms with Crippen molar-refractivity contribution in [2.45, 2.75) is 51.9 Å². The lowest BCUT2D eigenvalue weighted by Gasteiger charge is -2.29. The van der Waals surface area contributed by atoms with Crippen molar-refractivity contribution in [1.82, 2.24) is 15.5 Å². The molecule has 1 atom stereocenters. The van der Waals surface area contributed by atoms with E-state index in [2.05, 4.69) is 29.7 Å². The molecule has 2 aliphatic heterocycles. The molecule has 0 saturated carbocycles. The second-order valence-corrected chi connectivity index (χ2v) is 8.58. The molecule has 8 nitrogen and oxygen atoms in total. The minimum atomic E-state index is -0.634. The van der Waals surface area contributed by atoms with E-state index in [-0.39, 0.29) is 18.2 Å². The van der Waals surface area contributed by atoms with Gasteiger partial charge in [0.15, 0.2) is 0 Å². The largest absolute Gasteiger partial charge is 0.489 e. The second-order valence-electron chi connectivity index (χ2n) is 8.58. The first-order valence-electron chi connectivity index (χ1n) is 11.8. The van der Waals surface area contributed by atoms with Crippen molar-refractivity contribution in [1.29, 1.82) is 0 Å². The molecular weight excluding hydrogens is 434 g/mol. The van der Waals surface area contributed by atoms with Gasteiger partial charge in [-0.1, -0.05) is 37.3 Å². The highest BCUT2D eigenvalue weighted by Crippen LogP contribution is 2.33. The Bertz CT molecular complexity index is 1040. The van der Waals surface area contributed by atoms with E-state index in [0.29, 0.717) is 37.5 Å². The second kappa shape index (κ2) is 11.3. The number of hydrogen-bond acceptors (Lipinski definition) is 6. The van der Waals surface area contributed by atoms with Gasteiger partial charge in [0.1, 0.15) is 18.4 Å². The zero-order valence-electron chi connectivity index (χ0n) is 19.5. The van der Waals surface area contributed by atoms with Crippen molar-refractivity contribution in [2.24, 2.45) is 0 Å². The molecule has 0 aliphatic carbocycles. The monoisotopic (exact) mass is 465 g/mol. The van der Waals surface area contributed by atoms with E-state index in [1.165, 1.54) is 10.5 Å². The standard InChI is InChI=1S/C26H31N3O5/c1-2-13-33-14-12-27-15-18-6-8-19(9-7-18)17-34-23-5-3-4-20-21(23)16-29(26(20)32)22-10-11-24(30)28-25(22)31/h3-9,22,27H,2,10-17H2,1H3,(H,28,30,31)/t22-/m0/s1. The Morgan fingerprint density at radius 2 is 1.85 bits per heavy atom. The van der Waals surface area contributed by atoms with Crippen LogP contribution in [0.3, 0.4) is 0 Å². The molecule has 2 heterocycles. The number of nitrogens with one attached hydrogen (secondary N) is 2. The molecule has 3 amide bonds. The summed E-state index contributed by atoms with van der Waals surface area (Å²) in [6, 6.07) is 13.0. The first kappa shape index (κ1) is 23.9. The van der Waals surface area contributed by atoms with E-state index in [0.717, 1.165) is 37.2 Å². The molecule has 34 heavy (non-hydrogen) atoms. The number of carbonyl (C=O) groups excluding carboxylic acids is 3. The molecule has 2 aromatic carbocycles. The Kier molecular flexibility index (Phi) is 7.92. The first-order valence-corrected chi connectivity index (χ1v) is 11.8. The summed E-state index contributed by atoms with van der Waals surface area (Å²) in [5, 5.41) is 5.70. The van der Waals surface area contributed by atoms with Crippen molar-refractivity contribution in [3.05, 3.63) is 64.7 Å². The fourth-order valence-corrected chi connectivity index (χ4v) is 4.23. The molecule has 0 aromatic heterocycles. The highest BCUT2D eigenvalue weighted by Gasteiger charge is 2.40. The third-order valence-corrected chi connectivity index (χ3v) is 6.06. The minimum Gasteiger partial charge on any atom is -0.489 e. The van der Waals surface area contributed by atoms with Gasteiger partial charge in [0.05, 0.1) is 13.2 Å². The molecule has 1 saturated heterocycles. The smallest absolute Gasteiger partial charge is 0.255 e. The van der Waals surface area contributed by atoms with Gasteiger partial charge in [0.2, 0.25) is 11.8 Å². The number of benzene rings is 2. The maximum absolute atomic E-state index is 12.9. The molecule has 8 heteroatoms. The van der Waals surface area contributed by atoms with Crippen LogP contribution in [-0.2, 0) is 34.0 Å². The molecule has 2 aliphatic rings. The van der Waals surface area contributed by atoms with Crippen molar-refractivity contribution in [3.63, 3.8) is 0 Å². The predicted octanol–water partition coefficient (Wildman–Crippen LogP) is 2.54. The average Bonchev–Trinajstić information content (AvgIpc) is 3.17. The molecular formula is C26H31N3O5. The minimum absolute atomic E-state index is 0.202. The molecule has 2 N–H and O–H groups in total. The van der Waals surface area contributed by atoms with Gasteiger partial charge in [-0.2, -0.15) is 0 Å². The number of piperidine rings is 1. The number of rotatable bonds is 11. The Morgan fingerprint density at radius 3 is 2.62 bits per heavy atom. The lowest BCUT2D eigenvalue weighted by molar-refractivity contribution is -0.136. The van der Waals surface area contributed by atoms with Crippen LogP contribution in [0.1, 0.15) is 53.2 Å². The molecule has 4 rings (SSSR count). The summed E-state index contributed by atoms with van der Waals surface area (Å²) in [4.78, 5) is 38.2. The number of hydrogen-bond donors (Lipinski definition) is 2. The predicted molar refractivity (Wildman–Crippen MR) is 126 cm³/mol. The van der Waals surface area contributed by atoms with Crippen molar-refractivity contribution in [2.75, 3.05) is 19.8 Å². The maximum atomic E-state index is 12.9. The van der Waals surface area contributed by atoms with Gasteiger partial charge in [0, 0.05) is 37.2 Å². The molecule has 0 bridgehead atoms. The van der Waals surface area contributed by atoms with E-state index >= 15 is 0 Å². The highest BCUT2D eigenvalue weighted by molar-refractivity contribution is 6.05. The average molecular weight is 466 g/mol. The van der Waals surface area contributed by atoms with E-state index < -0.39 is 11.9 Å². The van der Waals surface area contributed by atoms with Gasteiger partial charge in [-0.3, -0.25) is 19.7 Å². The van der Waals surface area contributed by atoms with E-state index in [9.17, 15) is 14.4 Å². The van der Waals surface area contributed by atoms with Crippen LogP contribution in [0.4, 0.5) is 0 Å². The van der Waals surface area contributed by atoms with Crippen molar-refractivity contribution in [3.8, 4) is 5.75 Å². The van der Waals surface area contributed by atoms with Gasteiger partial charge in [-0.25, -0.2) is 0 Å². The Labute approximate surface area is 199 Å². The molecule has 2 aromatic rings. The van der Waals surface area contributed by atoms with Gasteiger partial charge < -0.3 is 19.7 Å². The van der Waals surface area contributed by atoms with Gasteiger partial charge in [-0.05, 0) is 36.1 Å². The number of ether oxygens (including phenoxy) is 2. The van der Waals surface area contributed by atoms with E-state index in [4.69, 9.17) is 9.47 Å². The van der Waals surface area contributed by atoms with Crippen molar-refractivity contribution >= 4 is 17.7 Å². The summed E-state index contributed by atoms with van der Waals surface area (Å²) in [7, 11) is 0.